The number of ether oxygens (including phenoxy) is 2. The summed E-state index contributed by atoms with van der Waals surface area (Å²) >= 11 is 6.11. The summed E-state index contributed by atoms with van der Waals surface area (Å²) in [7, 11) is 0. The summed E-state index contributed by atoms with van der Waals surface area (Å²) in [6.45, 7) is 9.42. The normalized spacial score (nSPS) is 11.8. The summed E-state index contributed by atoms with van der Waals surface area (Å²) < 4.78 is 11.3. The lowest BCUT2D eigenvalue weighted by molar-refractivity contribution is 0.0523. The molecule has 0 spiro atoms. The molecule has 0 radical (unpaired) electrons. The third-order valence-electron chi connectivity index (χ3n) is 4.29. The first-order chi connectivity index (χ1) is 13.3. The van der Waals surface area contributed by atoms with Crippen LogP contribution in [0.4, 0.5) is 5.69 Å². The summed E-state index contributed by atoms with van der Waals surface area (Å²) in [6, 6.07) is 5.13. The predicted molar refractivity (Wildman–Crippen MR) is 111 cm³/mol. The van der Waals surface area contributed by atoms with Gasteiger partial charge in [-0.05, 0) is 63.4 Å². The minimum absolute atomic E-state index is 0.0638. The van der Waals surface area contributed by atoms with Gasteiger partial charge in [0, 0.05) is 16.8 Å². The van der Waals surface area contributed by atoms with E-state index in [0.717, 1.165) is 11.1 Å². The summed E-state index contributed by atoms with van der Waals surface area (Å²) in [6.07, 6.45) is 0.686. The molecule has 0 aliphatic carbocycles. The second kappa shape index (κ2) is 9.75. The Labute approximate surface area is 170 Å². The highest BCUT2D eigenvalue weighted by atomic mass is 35.5. The Bertz CT molecular complexity index is 828. The monoisotopic (exact) mass is 406 g/mol. The summed E-state index contributed by atoms with van der Waals surface area (Å²) in [5.41, 5.74) is 3.06. The van der Waals surface area contributed by atoms with E-state index < -0.39 is 5.97 Å². The molecule has 1 heterocycles. The van der Waals surface area contributed by atoms with Gasteiger partial charge in [-0.25, -0.2) is 9.78 Å². The number of aliphatic hydroxyl groups excluding tert-OH is 1. The smallest absolute Gasteiger partial charge is 0.345 e. The number of aryl methyl sites for hydroxylation is 3. The highest BCUT2D eigenvalue weighted by Crippen LogP contribution is 2.35. The minimum Gasteiger partial charge on any atom is -0.462 e. The van der Waals surface area contributed by atoms with Crippen LogP contribution in [0.1, 0.15) is 47.4 Å². The molecule has 2 aromatic rings. The predicted octanol–water partition coefficient (Wildman–Crippen LogP) is 4.81. The van der Waals surface area contributed by atoms with E-state index in [-0.39, 0.29) is 30.7 Å². The Balaban J connectivity index is 2.59. The molecular weight excluding hydrogens is 380 g/mol. The van der Waals surface area contributed by atoms with Crippen molar-refractivity contribution in [1.82, 2.24) is 4.98 Å². The van der Waals surface area contributed by atoms with E-state index in [1.54, 1.807) is 25.1 Å². The number of halogens is 1. The maximum absolute atomic E-state index is 12.7. The zero-order valence-electron chi connectivity index (χ0n) is 16.9. The van der Waals surface area contributed by atoms with E-state index in [4.69, 9.17) is 21.1 Å². The standard InChI is InChI=1S/C21H27ClN2O4/c1-6-16(11-25)24-17-10-14(5)23-20(18(17)21(26)27-7-2)28-19-12(3)8-15(22)9-13(19)4/h8-10,16,25H,6-7,11H2,1-5H3,(H,23,24). The van der Waals surface area contributed by atoms with Gasteiger partial charge < -0.3 is 19.9 Å². The second-order valence-corrected chi connectivity index (χ2v) is 7.05. The van der Waals surface area contributed by atoms with E-state index in [0.29, 0.717) is 28.6 Å². The van der Waals surface area contributed by atoms with Crippen LogP contribution in [0.15, 0.2) is 18.2 Å². The number of nitrogens with zero attached hydrogens (tertiary/aromatic N) is 1. The molecule has 152 valence electrons. The molecule has 1 atom stereocenters. The average molecular weight is 407 g/mol. The quantitative estimate of drug-likeness (QED) is 0.612. The Morgan fingerprint density at radius 3 is 2.39 bits per heavy atom. The number of hydrogen-bond donors (Lipinski definition) is 2. The van der Waals surface area contributed by atoms with Crippen LogP contribution < -0.4 is 10.1 Å². The van der Waals surface area contributed by atoms with E-state index in [1.807, 2.05) is 27.7 Å². The molecule has 0 amide bonds. The second-order valence-electron chi connectivity index (χ2n) is 6.61. The number of hydrogen-bond acceptors (Lipinski definition) is 6. The van der Waals surface area contributed by atoms with E-state index >= 15 is 0 Å². The van der Waals surface area contributed by atoms with Crippen molar-refractivity contribution in [3.05, 3.63) is 45.6 Å². The molecule has 0 bridgehead atoms. The fraction of sp³-hybridized carbons (Fsp3) is 0.429. The third kappa shape index (κ3) is 5.14. The van der Waals surface area contributed by atoms with Crippen LogP contribution in [-0.2, 0) is 4.74 Å². The van der Waals surface area contributed by atoms with Gasteiger partial charge in [-0.1, -0.05) is 18.5 Å². The number of carbonyl (C=O) groups excluding carboxylic acids is 1. The topological polar surface area (TPSA) is 80.7 Å². The van der Waals surface area contributed by atoms with Crippen LogP contribution in [0.5, 0.6) is 11.6 Å². The van der Waals surface area contributed by atoms with E-state index in [1.165, 1.54) is 0 Å². The van der Waals surface area contributed by atoms with Gasteiger partial charge in [0.1, 0.15) is 11.3 Å². The number of rotatable bonds is 8. The van der Waals surface area contributed by atoms with Crippen molar-refractivity contribution in [2.24, 2.45) is 0 Å². The lowest BCUT2D eigenvalue weighted by Crippen LogP contribution is -2.25. The third-order valence-corrected chi connectivity index (χ3v) is 4.51. The number of aliphatic hydroxyl groups is 1. The molecule has 2 rings (SSSR count). The molecule has 0 saturated carbocycles. The number of carbonyl (C=O) groups is 1. The molecule has 1 aromatic heterocycles. The summed E-state index contributed by atoms with van der Waals surface area (Å²) in [5, 5.41) is 13.4. The number of pyridine rings is 1. The average Bonchev–Trinajstić information content (AvgIpc) is 2.62. The van der Waals surface area contributed by atoms with Crippen LogP contribution in [0.3, 0.4) is 0 Å². The van der Waals surface area contributed by atoms with Crippen LogP contribution in [0.25, 0.3) is 0 Å². The maximum Gasteiger partial charge on any atom is 0.345 e. The van der Waals surface area contributed by atoms with Gasteiger partial charge in [0.15, 0.2) is 0 Å². The first-order valence-corrected chi connectivity index (χ1v) is 9.69. The number of aromatic nitrogens is 1. The van der Waals surface area contributed by atoms with E-state index in [2.05, 4.69) is 10.3 Å². The molecule has 2 N–H and O–H groups in total. The van der Waals surface area contributed by atoms with Crippen molar-refractivity contribution in [1.29, 1.82) is 0 Å². The van der Waals surface area contributed by atoms with Crippen LogP contribution >= 0.6 is 11.6 Å². The number of anilines is 1. The molecule has 0 fully saturated rings. The number of benzene rings is 1. The molecule has 7 heteroatoms. The molecular formula is C21H27ClN2O4. The van der Waals surface area contributed by atoms with E-state index in [9.17, 15) is 9.90 Å². The first-order valence-electron chi connectivity index (χ1n) is 9.31. The molecule has 6 nitrogen and oxygen atoms in total. The zero-order chi connectivity index (χ0) is 20.8. The SMILES string of the molecule is CCOC(=O)c1c(NC(CC)CO)cc(C)nc1Oc1c(C)cc(Cl)cc1C. The van der Waals surface area contributed by atoms with Gasteiger partial charge in [-0.2, -0.15) is 0 Å². The molecule has 0 aliphatic rings. The first kappa shape index (κ1) is 22.0. The number of nitrogens with one attached hydrogen (secondary N) is 1. The number of esters is 1. The van der Waals surface area contributed by atoms with Crippen molar-refractivity contribution < 1.29 is 19.4 Å². The van der Waals surface area contributed by atoms with Crippen molar-refractivity contribution in [3.63, 3.8) is 0 Å². The van der Waals surface area contributed by atoms with Crippen LogP contribution in [0, 0.1) is 20.8 Å². The van der Waals surface area contributed by atoms with Gasteiger partial charge in [0.2, 0.25) is 5.88 Å². The van der Waals surface area contributed by atoms with Gasteiger partial charge in [-0.15, -0.1) is 0 Å². The summed E-state index contributed by atoms with van der Waals surface area (Å²) in [4.78, 5) is 17.1. The highest BCUT2D eigenvalue weighted by Gasteiger charge is 2.24. The molecule has 1 unspecified atom stereocenters. The lowest BCUT2D eigenvalue weighted by atomic mass is 10.1. The zero-order valence-corrected chi connectivity index (χ0v) is 17.7. The Hall–Kier alpha value is -2.31. The summed E-state index contributed by atoms with van der Waals surface area (Å²) in [5.74, 6) is 0.208. The Morgan fingerprint density at radius 2 is 1.86 bits per heavy atom. The van der Waals surface area contributed by atoms with Gasteiger partial charge >= 0.3 is 5.97 Å². The van der Waals surface area contributed by atoms with Crippen molar-refractivity contribution in [3.8, 4) is 11.6 Å². The maximum atomic E-state index is 12.7. The molecule has 28 heavy (non-hydrogen) atoms. The Kier molecular flexibility index (Phi) is 7.66. The van der Waals surface area contributed by atoms with Gasteiger partial charge in [-0.3, -0.25) is 0 Å². The largest absolute Gasteiger partial charge is 0.462 e. The lowest BCUT2D eigenvalue weighted by Gasteiger charge is -2.21. The molecule has 0 aliphatic heterocycles. The van der Waals surface area contributed by atoms with Gasteiger partial charge in [0.05, 0.1) is 18.9 Å². The van der Waals surface area contributed by atoms with Crippen LogP contribution in [-0.4, -0.2) is 35.3 Å². The molecule has 1 aromatic carbocycles. The Morgan fingerprint density at radius 1 is 1.21 bits per heavy atom. The fourth-order valence-corrected chi connectivity index (χ4v) is 3.21. The van der Waals surface area contributed by atoms with Crippen LogP contribution in [0.2, 0.25) is 5.02 Å². The highest BCUT2D eigenvalue weighted by molar-refractivity contribution is 6.30. The van der Waals surface area contributed by atoms with Crippen molar-refractivity contribution >= 4 is 23.3 Å². The van der Waals surface area contributed by atoms with Crippen molar-refractivity contribution in [2.45, 2.75) is 47.1 Å². The molecule has 0 saturated heterocycles. The minimum atomic E-state index is -0.537. The fourth-order valence-electron chi connectivity index (χ4n) is 2.88. The van der Waals surface area contributed by atoms with Crippen molar-refractivity contribution in [2.75, 3.05) is 18.5 Å². The van der Waals surface area contributed by atoms with Gasteiger partial charge in [0.25, 0.3) is 0 Å².